The van der Waals surface area contributed by atoms with Crippen molar-refractivity contribution in [3.8, 4) is 0 Å². The molecule has 0 radical (unpaired) electrons. The maximum absolute atomic E-state index is 13.0. The third-order valence-electron chi connectivity index (χ3n) is 14.9. The Labute approximate surface area is 479 Å². The fourth-order valence-electron chi connectivity index (χ4n) is 9.75. The number of unbranched alkanes of at least 4 members (excludes halogenated alkanes) is 40. The average molecular weight is 1100 g/mol. The quantitative estimate of drug-likeness (QED) is 0.0272. The van der Waals surface area contributed by atoms with Crippen LogP contribution < -0.4 is 10.2 Å². The van der Waals surface area contributed by atoms with Gasteiger partial charge < -0.3 is 28.8 Å². The number of aliphatic hydroxyl groups excluding tert-OH is 1. The van der Waals surface area contributed by atoms with Crippen LogP contribution in [0.1, 0.15) is 316 Å². The molecule has 0 aromatic rings. The summed E-state index contributed by atoms with van der Waals surface area (Å²) in [5.74, 6) is -0.208. The molecule has 0 spiro atoms. The Hall–Kier alpha value is -1.80. The standard InChI is InChI=1S/C68H129N2O6P/c1-6-8-10-12-14-16-18-20-22-24-26-28-29-30-31-32-33-34-35-36-37-38-39-40-41-42-44-46-48-50-52-54-56-58-60-62-68(72)69-66(65-76-77(73,74)75-64-63-70(3,4)5)67(71)61-59-57-55-53-51-49-47-45-43-27-25-23-21-19-17-15-13-11-9-7-2/h29-30,32-33,43,45,51,53,59,61,66-67,71H,6-28,31,34-42,44,46-50,52,54-58,60,62-65H2,1-5H3,(H-,69,72,73,74)/b30-29-,33-32-,45-43+,53-51+,61-59+. The summed E-state index contributed by atoms with van der Waals surface area (Å²) in [4.78, 5) is 25.6. The highest BCUT2D eigenvalue weighted by molar-refractivity contribution is 7.45. The molecule has 0 saturated heterocycles. The van der Waals surface area contributed by atoms with Crippen LogP contribution in [0.3, 0.4) is 0 Å². The van der Waals surface area contributed by atoms with E-state index in [0.29, 0.717) is 17.4 Å². The molecule has 0 aromatic carbocycles. The molecule has 0 aliphatic heterocycles. The molecule has 0 aromatic heterocycles. The second kappa shape index (κ2) is 58.8. The molecule has 0 bridgehead atoms. The minimum absolute atomic E-state index is 0.00947. The van der Waals surface area contributed by atoms with Crippen LogP contribution in [0.4, 0.5) is 0 Å². The van der Waals surface area contributed by atoms with Crippen molar-refractivity contribution in [3.05, 3.63) is 60.8 Å². The normalized spacial score (nSPS) is 14.1. The molecule has 8 nitrogen and oxygen atoms in total. The highest BCUT2D eigenvalue weighted by atomic mass is 31.2. The van der Waals surface area contributed by atoms with E-state index in [1.807, 2.05) is 27.2 Å². The largest absolute Gasteiger partial charge is 0.756 e. The molecule has 0 saturated carbocycles. The summed E-state index contributed by atoms with van der Waals surface area (Å²) in [7, 11) is 1.24. The summed E-state index contributed by atoms with van der Waals surface area (Å²) in [6, 6.07) is -0.912. The number of nitrogens with one attached hydrogen (secondary N) is 1. The van der Waals surface area contributed by atoms with E-state index in [9.17, 15) is 19.4 Å². The van der Waals surface area contributed by atoms with Crippen LogP contribution in [0.5, 0.6) is 0 Å². The van der Waals surface area contributed by atoms with Crippen molar-refractivity contribution in [1.82, 2.24) is 5.32 Å². The van der Waals surface area contributed by atoms with E-state index in [-0.39, 0.29) is 12.5 Å². The van der Waals surface area contributed by atoms with Crippen molar-refractivity contribution >= 4 is 13.7 Å². The fourth-order valence-corrected chi connectivity index (χ4v) is 10.5. The van der Waals surface area contributed by atoms with E-state index in [2.05, 4.69) is 67.8 Å². The van der Waals surface area contributed by atoms with Gasteiger partial charge in [0.15, 0.2) is 0 Å². The van der Waals surface area contributed by atoms with E-state index >= 15 is 0 Å². The first-order chi connectivity index (χ1) is 37.5. The number of phosphoric acid groups is 1. The zero-order valence-electron chi connectivity index (χ0n) is 51.7. The molecule has 77 heavy (non-hydrogen) atoms. The van der Waals surface area contributed by atoms with E-state index in [4.69, 9.17) is 9.05 Å². The first-order valence-electron chi connectivity index (χ1n) is 33.2. The molecule has 0 fully saturated rings. The molecule has 0 heterocycles. The van der Waals surface area contributed by atoms with Crippen LogP contribution in [0.2, 0.25) is 0 Å². The zero-order valence-corrected chi connectivity index (χ0v) is 52.6. The monoisotopic (exact) mass is 1100 g/mol. The van der Waals surface area contributed by atoms with Gasteiger partial charge in [0.25, 0.3) is 7.82 Å². The van der Waals surface area contributed by atoms with Gasteiger partial charge in [-0.1, -0.05) is 293 Å². The average Bonchev–Trinajstić information content (AvgIpc) is 3.39. The summed E-state index contributed by atoms with van der Waals surface area (Å²) in [5, 5.41) is 13.9. The van der Waals surface area contributed by atoms with Gasteiger partial charge in [-0.05, 0) is 77.0 Å². The number of aliphatic hydroxyl groups is 1. The van der Waals surface area contributed by atoms with Gasteiger partial charge in [-0.2, -0.15) is 0 Å². The molecule has 9 heteroatoms. The van der Waals surface area contributed by atoms with Crippen molar-refractivity contribution in [2.24, 2.45) is 0 Å². The number of phosphoric ester groups is 1. The predicted molar refractivity (Wildman–Crippen MR) is 334 cm³/mol. The van der Waals surface area contributed by atoms with Gasteiger partial charge in [0.2, 0.25) is 5.91 Å². The van der Waals surface area contributed by atoms with E-state index in [1.165, 1.54) is 244 Å². The topological polar surface area (TPSA) is 108 Å². The number of rotatable bonds is 61. The van der Waals surface area contributed by atoms with Crippen LogP contribution in [0.15, 0.2) is 60.8 Å². The molecule has 1 amide bonds. The maximum atomic E-state index is 13.0. The Kier molecular flexibility index (Phi) is 57.5. The number of hydrogen-bond donors (Lipinski definition) is 2. The van der Waals surface area contributed by atoms with Gasteiger partial charge in [-0.25, -0.2) is 0 Å². The molecular weight excluding hydrogens is 972 g/mol. The Balaban J connectivity index is 4.08. The van der Waals surface area contributed by atoms with Crippen LogP contribution in [-0.2, 0) is 18.4 Å². The van der Waals surface area contributed by atoms with Gasteiger partial charge in [0, 0.05) is 6.42 Å². The Morgan fingerprint density at radius 2 is 0.766 bits per heavy atom. The van der Waals surface area contributed by atoms with Gasteiger partial charge in [0.1, 0.15) is 13.2 Å². The van der Waals surface area contributed by atoms with E-state index < -0.39 is 26.6 Å². The third-order valence-corrected chi connectivity index (χ3v) is 15.9. The van der Waals surface area contributed by atoms with Gasteiger partial charge >= 0.3 is 0 Å². The summed E-state index contributed by atoms with van der Waals surface area (Å²) >= 11 is 0. The maximum Gasteiger partial charge on any atom is 0.268 e. The zero-order chi connectivity index (χ0) is 56.3. The fraction of sp³-hybridized carbons (Fsp3) is 0.838. The van der Waals surface area contributed by atoms with Crippen molar-refractivity contribution in [2.75, 3.05) is 40.9 Å². The first-order valence-corrected chi connectivity index (χ1v) is 34.6. The van der Waals surface area contributed by atoms with Crippen molar-refractivity contribution in [1.29, 1.82) is 0 Å². The van der Waals surface area contributed by atoms with Crippen LogP contribution in [0, 0.1) is 0 Å². The number of hydrogen-bond acceptors (Lipinski definition) is 6. The van der Waals surface area contributed by atoms with Crippen molar-refractivity contribution in [2.45, 2.75) is 328 Å². The molecule has 3 unspecified atom stereocenters. The lowest BCUT2D eigenvalue weighted by atomic mass is 10.0. The second-order valence-electron chi connectivity index (χ2n) is 23.8. The summed E-state index contributed by atoms with van der Waals surface area (Å²) in [5.41, 5.74) is 0. The third kappa shape index (κ3) is 61.7. The molecule has 452 valence electrons. The SMILES string of the molecule is CCCCCCCCCCCC/C=C/CC/C=C/CC/C=C/C(O)C(COP(=O)([O-])OCC[N+](C)(C)C)NC(=O)CCCCCCCCCCCCCCCCCCC/C=C\C/C=C\CCCCCCCCCCCCC. The van der Waals surface area contributed by atoms with Crippen molar-refractivity contribution < 1.29 is 32.9 Å². The number of carbonyl (C=O) groups is 1. The summed E-state index contributed by atoms with van der Waals surface area (Å²) in [6.45, 7) is 4.65. The lowest BCUT2D eigenvalue weighted by Crippen LogP contribution is -2.45. The highest BCUT2D eigenvalue weighted by Crippen LogP contribution is 2.38. The Morgan fingerprint density at radius 1 is 0.455 bits per heavy atom. The molecule has 0 aliphatic carbocycles. The van der Waals surface area contributed by atoms with Crippen LogP contribution in [0.25, 0.3) is 0 Å². The van der Waals surface area contributed by atoms with Gasteiger partial charge in [-0.3, -0.25) is 9.36 Å². The Bertz CT molecular complexity index is 1440. The predicted octanol–water partition coefficient (Wildman–Crippen LogP) is 20.2. The number of likely N-dealkylation sites (N-methyl/N-ethyl adjacent to an activating group) is 1. The lowest BCUT2D eigenvalue weighted by Gasteiger charge is -2.29. The number of amides is 1. The highest BCUT2D eigenvalue weighted by Gasteiger charge is 2.23. The number of allylic oxidation sites excluding steroid dienone is 9. The Morgan fingerprint density at radius 3 is 1.13 bits per heavy atom. The smallest absolute Gasteiger partial charge is 0.268 e. The van der Waals surface area contributed by atoms with Gasteiger partial charge in [-0.15, -0.1) is 0 Å². The van der Waals surface area contributed by atoms with Crippen LogP contribution >= 0.6 is 7.82 Å². The van der Waals surface area contributed by atoms with Gasteiger partial charge in [0.05, 0.1) is 39.9 Å². The molecular formula is C68H129N2O6P. The number of nitrogens with zero attached hydrogens (tertiary/aromatic N) is 1. The molecule has 3 atom stereocenters. The minimum atomic E-state index is -4.61. The molecule has 0 aliphatic rings. The lowest BCUT2D eigenvalue weighted by molar-refractivity contribution is -0.870. The van der Waals surface area contributed by atoms with Crippen molar-refractivity contribution in [3.63, 3.8) is 0 Å². The molecule has 2 N–H and O–H groups in total. The second-order valence-corrected chi connectivity index (χ2v) is 25.2. The summed E-state index contributed by atoms with van der Waals surface area (Å²) < 4.78 is 23.4. The first kappa shape index (κ1) is 75.2. The molecule has 0 rings (SSSR count). The van der Waals surface area contributed by atoms with Crippen LogP contribution in [-0.4, -0.2) is 68.5 Å². The summed E-state index contributed by atoms with van der Waals surface area (Å²) in [6.07, 6.45) is 80.5. The van der Waals surface area contributed by atoms with E-state index in [0.717, 1.165) is 51.4 Å². The number of quaternary nitrogens is 1. The minimum Gasteiger partial charge on any atom is -0.756 e. The number of carbonyl (C=O) groups excluding carboxylic acids is 1. The van der Waals surface area contributed by atoms with E-state index in [1.54, 1.807) is 6.08 Å².